The van der Waals surface area contributed by atoms with Gasteiger partial charge in [-0.1, -0.05) is 18.2 Å². The fourth-order valence-corrected chi connectivity index (χ4v) is 4.46. The molecule has 0 saturated carbocycles. The minimum absolute atomic E-state index is 0.0268. The van der Waals surface area contributed by atoms with Crippen LogP contribution in [0.4, 0.5) is 5.69 Å². The molecule has 0 aliphatic carbocycles. The molecule has 1 aromatic heterocycles. The Labute approximate surface area is 170 Å². The fraction of sp³-hybridized carbons (Fsp3) is 0.391. The molecule has 0 radical (unpaired) electrons. The molecule has 6 heteroatoms. The SMILES string of the molecule is CCn1c2ccccc2c2cc(NC(=O)C(C)N3CCC(C(N)=O)CC3)ccc21. The van der Waals surface area contributed by atoms with Crippen molar-refractivity contribution in [3.8, 4) is 0 Å². The van der Waals surface area contributed by atoms with Crippen molar-refractivity contribution in [3.63, 3.8) is 0 Å². The van der Waals surface area contributed by atoms with Gasteiger partial charge in [-0.3, -0.25) is 14.5 Å². The van der Waals surface area contributed by atoms with E-state index in [1.165, 1.54) is 16.4 Å². The maximum Gasteiger partial charge on any atom is 0.241 e. The first-order valence-electron chi connectivity index (χ1n) is 10.3. The van der Waals surface area contributed by atoms with E-state index < -0.39 is 0 Å². The smallest absolute Gasteiger partial charge is 0.241 e. The Morgan fingerprint density at radius 3 is 2.48 bits per heavy atom. The summed E-state index contributed by atoms with van der Waals surface area (Å²) < 4.78 is 2.29. The van der Waals surface area contributed by atoms with Crippen LogP contribution in [0.25, 0.3) is 21.8 Å². The van der Waals surface area contributed by atoms with Crippen molar-refractivity contribution < 1.29 is 9.59 Å². The van der Waals surface area contributed by atoms with Crippen LogP contribution in [-0.2, 0) is 16.1 Å². The second kappa shape index (κ2) is 7.87. The highest BCUT2D eigenvalue weighted by Crippen LogP contribution is 2.31. The Kier molecular flexibility index (Phi) is 5.28. The Morgan fingerprint density at radius 1 is 1.10 bits per heavy atom. The largest absolute Gasteiger partial charge is 0.369 e. The molecule has 0 spiro atoms. The molecule has 29 heavy (non-hydrogen) atoms. The average molecular weight is 393 g/mol. The second-order valence-electron chi connectivity index (χ2n) is 7.87. The zero-order chi connectivity index (χ0) is 20.5. The van der Waals surface area contributed by atoms with Crippen molar-refractivity contribution in [1.29, 1.82) is 0 Å². The molecule has 152 valence electrons. The monoisotopic (exact) mass is 392 g/mol. The van der Waals surface area contributed by atoms with Gasteiger partial charge in [0.1, 0.15) is 0 Å². The maximum atomic E-state index is 12.8. The molecule has 3 aromatic rings. The van der Waals surface area contributed by atoms with Gasteiger partial charge in [0, 0.05) is 40.0 Å². The zero-order valence-corrected chi connectivity index (χ0v) is 17.0. The molecule has 1 fully saturated rings. The van der Waals surface area contributed by atoms with E-state index in [4.69, 9.17) is 5.73 Å². The number of aryl methyl sites for hydroxylation is 1. The Morgan fingerprint density at radius 2 is 1.79 bits per heavy atom. The lowest BCUT2D eigenvalue weighted by molar-refractivity contribution is -0.124. The molecular weight excluding hydrogens is 364 g/mol. The highest BCUT2D eigenvalue weighted by molar-refractivity contribution is 6.10. The molecule has 2 aromatic carbocycles. The minimum atomic E-state index is -0.253. The summed E-state index contributed by atoms with van der Waals surface area (Å²) in [6, 6.07) is 14.2. The van der Waals surface area contributed by atoms with Crippen LogP contribution in [0.1, 0.15) is 26.7 Å². The molecular formula is C23H28N4O2. The minimum Gasteiger partial charge on any atom is -0.369 e. The van der Waals surface area contributed by atoms with Gasteiger partial charge >= 0.3 is 0 Å². The van der Waals surface area contributed by atoms with Crippen LogP contribution in [0.5, 0.6) is 0 Å². The number of aromatic nitrogens is 1. The Hall–Kier alpha value is -2.86. The van der Waals surface area contributed by atoms with Crippen molar-refractivity contribution in [2.45, 2.75) is 39.3 Å². The lowest BCUT2D eigenvalue weighted by atomic mass is 9.95. The molecule has 1 aliphatic heterocycles. The van der Waals surface area contributed by atoms with Crippen molar-refractivity contribution in [1.82, 2.24) is 9.47 Å². The number of primary amides is 1. The first-order valence-corrected chi connectivity index (χ1v) is 10.3. The van der Waals surface area contributed by atoms with Gasteiger partial charge in [-0.15, -0.1) is 0 Å². The highest BCUT2D eigenvalue weighted by atomic mass is 16.2. The van der Waals surface area contributed by atoms with Gasteiger partial charge in [-0.25, -0.2) is 0 Å². The zero-order valence-electron chi connectivity index (χ0n) is 17.0. The number of nitrogens with two attached hydrogens (primary N) is 1. The van der Waals surface area contributed by atoms with Crippen molar-refractivity contribution in [3.05, 3.63) is 42.5 Å². The van der Waals surface area contributed by atoms with Crippen molar-refractivity contribution >= 4 is 39.3 Å². The van der Waals surface area contributed by atoms with Crippen molar-refractivity contribution in [2.24, 2.45) is 11.7 Å². The average Bonchev–Trinajstić information content (AvgIpc) is 3.06. The standard InChI is InChI=1S/C23H28N4O2/c1-3-27-20-7-5-4-6-18(20)19-14-17(8-9-21(19)27)25-23(29)15(2)26-12-10-16(11-13-26)22(24)28/h4-9,14-16H,3,10-13H2,1-2H3,(H2,24,28)(H,25,29). The molecule has 3 N–H and O–H groups in total. The van der Waals surface area contributed by atoms with Crippen LogP contribution < -0.4 is 11.1 Å². The van der Waals surface area contributed by atoms with Gasteiger partial charge in [-0.05, 0) is 64.0 Å². The van der Waals surface area contributed by atoms with E-state index >= 15 is 0 Å². The van der Waals surface area contributed by atoms with E-state index in [2.05, 4.69) is 52.0 Å². The summed E-state index contributed by atoms with van der Waals surface area (Å²) in [6.07, 6.45) is 1.44. The van der Waals surface area contributed by atoms with Crippen LogP contribution in [-0.4, -0.2) is 40.4 Å². The summed E-state index contributed by atoms with van der Waals surface area (Å²) in [5.41, 5.74) is 8.60. The molecule has 4 rings (SSSR count). The number of rotatable bonds is 5. The summed E-state index contributed by atoms with van der Waals surface area (Å²) in [6.45, 7) is 6.39. The van der Waals surface area contributed by atoms with Gasteiger partial charge in [-0.2, -0.15) is 0 Å². The molecule has 1 aliphatic rings. The van der Waals surface area contributed by atoms with Crippen LogP contribution in [0.3, 0.4) is 0 Å². The van der Waals surface area contributed by atoms with Crippen molar-refractivity contribution in [2.75, 3.05) is 18.4 Å². The van der Waals surface area contributed by atoms with Crippen LogP contribution in [0.15, 0.2) is 42.5 Å². The Bertz CT molecular complexity index is 1060. The number of hydrogen-bond acceptors (Lipinski definition) is 3. The summed E-state index contributed by atoms with van der Waals surface area (Å²) in [5.74, 6) is -0.331. The van der Waals surface area contributed by atoms with E-state index in [9.17, 15) is 9.59 Å². The summed E-state index contributed by atoms with van der Waals surface area (Å²) in [4.78, 5) is 26.3. The normalized spacial score (nSPS) is 16.9. The van der Waals surface area contributed by atoms with E-state index in [1.807, 2.05) is 19.1 Å². The summed E-state index contributed by atoms with van der Waals surface area (Å²) >= 11 is 0. The van der Waals surface area contributed by atoms with Gasteiger partial charge in [0.2, 0.25) is 11.8 Å². The number of fused-ring (bicyclic) bond motifs is 3. The van der Waals surface area contributed by atoms with Crippen LogP contribution >= 0.6 is 0 Å². The fourth-order valence-electron chi connectivity index (χ4n) is 4.46. The number of benzene rings is 2. The number of likely N-dealkylation sites (tertiary alicyclic amines) is 1. The molecule has 0 bridgehead atoms. The number of nitrogens with one attached hydrogen (secondary N) is 1. The van der Waals surface area contributed by atoms with E-state index in [-0.39, 0.29) is 23.8 Å². The lowest BCUT2D eigenvalue weighted by Gasteiger charge is -2.34. The molecule has 2 amide bonds. The number of para-hydroxylation sites is 1. The summed E-state index contributed by atoms with van der Waals surface area (Å²) in [5, 5.41) is 5.42. The molecule has 6 nitrogen and oxygen atoms in total. The summed E-state index contributed by atoms with van der Waals surface area (Å²) in [7, 11) is 0. The molecule has 1 unspecified atom stereocenters. The predicted molar refractivity (Wildman–Crippen MR) is 117 cm³/mol. The van der Waals surface area contributed by atoms with Gasteiger partial charge in [0.05, 0.1) is 6.04 Å². The number of carbonyl (C=O) groups is 2. The first-order chi connectivity index (χ1) is 14.0. The lowest BCUT2D eigenvalue weighted by Crippen LogP contribution is -2.47. The molecule has 1 atom stereocenters. The van der Waals surface area contributed by atoms with E-state index in [0.29, 0.717) is 13.1 Å². The molecule has 1 saturated heterocycles. The number of piperidine rings is 1. The van der Waals surface area contributed by atoms with Crippen LogP contribution in [0, 0.1) is 5.92 Å². The molecule has 2 heterocycles. The van der Waals surface area contributed by atoms with E-state index in [1.54, 1.807) is 0 Å². The highest BCUT2D eigenvalue weighted by Gasteiger charge is 2.28. The van der Waals surface area contributed by atoms with Crippen LogP contribution in [0.2, 0.25) is 0 Å². The van der Waals surface area contributed by atoms with E-state index in [0.717, 1.165) is 30.5 Å². The maximum absolute atomic E-state index is 12.8. The van der Waals surface area contributed by atoms with Gasteiger partial charge in [0.15, 0.2) is 0 Å². The third kappa shape index (κ3) is 3.60. The number of amides is 2. The number of hydrogen-bond donors (Lipinski definition) is 2. The topological polar surface area (TPSA) is 80.4 Å². The quantitative estimate of drug-likeness (QED) is 0.699. The van der Waals surface area contributed by atoms with Gasteiger partial charge < -0.3 is 15.6 Å². The third-order valence-corrected chi connectivity index (χ3v) is 6.22. The second-order valence-corrected chi connectivity index (χ2v) is 7.87. The number of carbonyl (C=O) groups excluding carboxylic acids is 2. The third-order valence-electron chi connectivity index (χ3n) is 6.22. The number of anilines is 1. The predicted octanol–water partition coefficient (Wildman–Crippen LogP) is 3.34. The number of nitrogens with zero attached hydrogens (tertiary/aromatic N) is 2. The Balaban J connectivity index is 1.53. The van der Waals surface area contributed by atoms with Gasteiger partial charge in [0.25, 0.3) is 0 Å². The first kappa shape index (κ1) is 19.5.